The smallest absolute Gasteiger partial charge is 0.191 e. The van der Waals surface area contributed by atoms with E-state index in [9.17, 15) is 0 Å². The Morgan fingerprint density at radius 2 is 2.00 bits per heavy atom. The van der Waals surface area contributed by atoms with E-state index in [1.165, 1.54) is 32.1 Å². The molecule has 0 spiro atoms. The third-order valence-corrected chi connectivity index (χ3v) is 3.69. The van der Waals surface area contributed by atoms with Gasteiger partial charge in [-0.05, 0) is 19.3 Å². The lowest BCUT2D eigenvalue weighted by molar-refractivity contribution is 0.114. The quantitative estimate of drug-likeness (QED) is 0.570. The van der Waals surface area contributed by atoms with Crippen molar-refractivity contribution < 1.29 is 4.74 Å². The lowest BCUT2D eigenvalue weighted by atomic mass is 9.96. The molecule has 1 saturated heterocycles. The van der Waals surface area contributed by atoms with Crippen molar-refractivity contribution in [1.29, 1.82) is 0 Å². The molecule has 1 unspecified atom stereocenters. The normalized spacial score (nSPS) is 28.7. The minimum Gasteiger partial charge on any atom is -0.380 e. The molecule has 0 aromatic heterocycles. The number of nitrogens with zero attached hydrogens (tertiary/aromatic N) is 2. The molecule has 1 atom stereocenters. The van der Waals surface area contributed by atoms with Crippen molar-refractivity contribution in [3.05, 3.63) is 0 Å². The van der Waals surface area contributed by atoms with Crippen LogP contribution in [0.3, 0.4) is 0 Å². The van der Waals surface area contributed by atoms with Crippen LogP contribution in [0.15, 0.2) is 4.99 Å². The first-order chi connectivity index (χ1) is 7.79. The fourth-order valence-corrected chi connectivity index (χ4v) is 2.61. The predicted octanol–water partition coefficient (Wildman–Crippen LogP) is 1.35. The van der Waals surface area contributed by atoms with E-state index < -0.39 is 0 Å². The van der Waals surface area contributed by atoms with E-state index in [1.807, 2.05) is 0 Å². The Bertz CT molecular complexity index is 249. The Morgan fingerprint density at radius 3 is 2.62 bits per heavy atom. The molecule has 2 rings (SSSR count). The van der Waals surface area contributed by atoms with Crippen molar-refractivity contribution in [2.24, 2.45) is 10.7 Å². The first kappa shape index (κ1) is 11.7. The van der Waals surface area contributed by atoms with Crippen molar-refractivity contribution in [1.82, 2.24) is 4.90 Å². The van der Waals surface area contributed by atoms with Crippen LogP contribution in [0.2, 0.25) is 0 Å². The summed E-state index contributed by atoms with van der Waals surface area (Å²) in [5, 5.41) is 0. The van der Waals surface area contributed by atoms with Crippen LogP contribution in [0.4, 0.5) is 0 Å². The van der Waals surface area contributed by atoms with Crippen molar-refractivity contribution in [2.45, 2.75) is 50.7 Å². The molecule has 16 heavy (non-hydrogen) atoms. The number of methoxy groups -OCH3 is 1. The first-order valence-electron chi connectivity index (χ1n) is 6.40. The Labute approximate surface area is 97.9 Å². The molecule has 0 radical (unpaired) electrons. The molecular formula is C12H23N3O. The number of hydrogen-bond donors (Lipinski definition) is 1. The summed E-state index contributed by atoms with van der Waals surface area (Å²) in [6.07, 6.45) is 7.80. The molecule has 2 fully saturated rings. The maximum Gasteiger partial charge on any atom is 0.191 e. The highest BCUT2D eigenvalue weighted by Gasteiger charge is 2.24. The van der Waals surface area contributed by atoms with Gasteiger partial charge in [0, 0.05) is 20.2 Å². The van der Waals surface area contributed by atoms with E-state index in [-0.39, 0.29) is 0 Å². The van der Waals surface area contributed by atoms with E-state index in [1.54, 1.807) is 7.11 Å². The highest BCUT2D eigenvalue weighted by Crippen LogP contribution is 2.21. The number of aliphatic imine (C=N–C) groups is 1. The van der Waals surface area contributed by atoms with Crippen molar-refractivity contribution in [3.8, 4) is 0 Å². The molecule has 2 aliphatic rings. The molecule has 1 saturated carbocycles. The highest BCUT2D eigenvalue weighted by molar-refractivity contribution is 5.78. The molecular weight excluding hydrogens is 202 g/mol. The first-order valence-corrected chi connectivity index (χ1v) is 6.40. The zero-order chi connectivity index (χ0) is 11.4. The molecule has 0 aromatic carbocycles. The number of rotatable bonds is 2. The van der Waals surface area contributed by atoms with Gasteiger partial charge in [0.1, 0.15) is 0 Å². The van der Waals surface area contributed by atoms with Crippen LogP contribution in [-0.4, -0.2) is 43.2 Å². The topological polar surface area (TPSA) is 50.9 Å². The molecule has 0 amide bonds. The monoisotopic (exact) mass is 225 g/mol. The van der Waals surface area contributed by atoms with Gasteiger partial charge in [-0.1, -0.05) is 19.3 Å². The van der Waals surface area contributed by atoms with Gasteiger partial charge in [-0.15, -0.1) is 0 Å². The summed E-state index contributed by atoms with van der Waals surface area (Å²) in [7, 11) is 1.77. The molecule has 0 aromatic rings. The van der Waals surface area contributed by atoms with E-state index in [4.69, 9.17) is 10.5 Å². The van der Waals surface area contributed by atoms with E-state index in [2.05, 4.69) is 9.89 Å². The minimum atomic E-state index is 0.333. The summed E-state index contributed by atoms with van der Waals surface area (Å²) in [4.78, 5) is 6.81. The van der Waals surface area contributed by atoms with Crippen molar-refractivity contribution in [3.63, 3.8) is 0 Å². The number of likely N-dealkylation sites (tertiary alicyclic amines) is 1. The lowest BCUT2D eigenvalue weighted by Gasteiger charge is -2.22. The standard InChI is InChI=1S/C12H23N3O/c1-16-11-7-8-15(9-11)12(13)14-10-5-3-2-4-6-10/h10-11H,2-9H2,1H3,(H2,13,14). The summed E-state index contributed by atoms with van der Waals surface area (Å²) in [5.74, 6) is 0.728. The van der Waals surface area contributed by atoms with Crippen LogP contribution in [0.1, 0.15) is 38.5 Å². The van der Waals surface area contributed by atoms with E-state index in [0.717, 1.165) is 25.5 Å². The third kappa shape index (κ3) is 2.88. The van der Waals surface area contributed by atoms with Gasteiger partial charge in [-0.2, -0.15) is 0 Å². The molecule has 0 bridgehead atoms. The maximum absolute atomic E-state index is 6.05. The fourth-order valence-electron chi connectivity index (χ4n) is 2.61. The summed E-state index contributed by atoms with van der Waals surface area (Å²) in [5.41, 5.74) is 6.05. The minimum absolute atomic E-state index is 0.333. The Balaban J connectivity index is 1.86. The molecule has 1 heterocycles. The number of hydrogen-bond acceptors (Lipinski definition) is 2. The van der Waals surface area contributed by atoms with Gasteiger partial charge in [0.25, 0.3) is 0 Å². The number of nitrogens with two attached hydrogens (primary N) is 1. The van der Waals surface area contributed by atoms with Crippen LogP contribution in [0.5, 0.6) is 0 Å². The molecule has 1 aliphatic heterocycles. The van der Waals surface area contributed by atoms with Gasteiger partial charge in [0.05, 0.1) is 12.1 Å². The number of guanidine groups is 1. The molecule has 1 aliphatic carbocycles. The number of ether oxygens (including phenoxy) is 1. The van der Waals surface area contributed by atoms with E-state index in [0.29, 0.717) is 12.1 Å². The zero-order valence-electron chi connectivity index (χ0n) is 10.2. The summed E-state index contributed by atoms with van der Waals surface area (Å²) < 4.78 is 5.33. The largest absolute Gasteiger partial charge is 0.380 e. The van der Waals surface area contributed by atoms with Crippen LogP contribution >= 0.6 is 0 Å². The molecule has 4 heteroatoms. The summed E-state index contributed by atoms with van der Waals surface area (Å²) in [6, 6.07) is 0.468. The maximum atomic E-state index is 6.05. The average molecular weight is 225 g/mol. The second kappa shape index (κ2) is 5.53. The van der Waals surface area contributed by atoms with Crippen LogP contribution in [0.25, 0.3) is 0 Å². The molecule has 2 N–H and O–H groups in total. The molecule has 4 nitrogen and oxygen atoms in total. The Hall–Kier alpha value is -0.770. The lowest BCUT2D eigenvalue weighted by Crippen LogP contribution is -2.37. The van der Waals surface area contributed by atoms with Crippen LogP contribution in [-0.2, 0) is 4.74 Å². The SMILES string of the molecule is COC1CCN(C(N)=NC2CCCCC2)C1. The van der Waals surface area contributed by atoms with Crippen LogP contribution < -0.4 is 5.73 Å². The van der Waals surface area contributed by atoms with Crippen molar-refractivity contribution in [2.75, 3.05) is 20.2 Å². The molecule has 92 valence electrons. The second-order valence-corrected chi connectivity index (χ2v) is 4.87. The van der Waals surface area contributed by atoms with Gasteiger partial charge in [-0.25, -0.2) is 4.99 Å². The zero-order valence-corrected chi connectivity index (χ0v) is 10.2. The summed E-state index contributed by atoms with van der Waals surface area (Å²) in [6.45, 7) is 1.89. The van der Waals surface area contributed by atoms with Gasteiger partial charge in [-0.3, -0.25) is 0 Å². The van der Waals surface area contributed by atoms with Gasteiger partial charge >= 0.3 is 0 Å². The Morgan fingerprint density at radius 1 is 1.25 bits per heavy atom. The third-order valence-electron chi connectivity index (χ3n) is 3.69. The van der Waals surface area contributed by atoms with E-state index >= 15 is 0 Å². The highest BCUT2D eigenvalue weighted by atomic mass is 16.5. The average Bonchev–Trinajstić information content (AvgIpc) is 2.79. The van der Waals surface area contributed by atoms with Crippen molar-refractivity contribution >= 4 is 5.96 Å². The summed E-state index contributed by atoms with van der Waals surface area (Å²) >= 11 is 0. The van der Waals surface area contributed by atoms with Gasteiger partial charge in [0.2, 0.25) is 0 Å². The predicted molar refractivity (Wildman–Crippen MR) is 65.5 cm³/mol. The van der Waals surface area contributed by atoms with Crippen LogP contribution in [0, 0.1) is 0 Å². The van der Waals surface area contributed by atoms with Gasteiger partial charge in [0.15, 0.2) is 5.96 Å². The fraction of sp³-hybridized carbons (Fsp3) is 0.917. The van der Waals surface area contributed by atoms with Gasteiger partial charge < -0.3 is 15.4 Å². The Kier molecular flexibility index (Phi) is 4.04. The second-order valence-electron chi connectivity index (χ2n) is 4.87.